The summed E-state index contributed by atoms with van der Waals surface area (Å²) in [6.45, 7) is 0. The molecule has 0 amide bonds. The van der Waals surface area contributed by atoms with Gasteiger partial charge in [0.15, 0.2) is 0 Å². The lowest BCUT2D eigenvalue weighted by Crippen LogP contribution is -2.15. The van der Waals surface area contributed by atoms with Gasteiger partial charge in [-0.05, 0) is 30.3 Å². The summed E-state index contributed by atoms with van der Waals surface area (Å²) in [6, 6.07) is 12.1. The third-order valence-electron chi connectivity index (χ3n) is 3.22. The first-order chi connectivity index (χ1) is 9.74. The van der Waals surface area contributed by atoms with Crippen molar-refractivity contribution in [1.82, 2.24) is 0 Å². The van der Waals surface area contributed by atoms with Gasteiger partial charge < -0.3 is 4.74 Å². The zero-order chi connectivity index (χ0) is 13.9. The van der Waals surface area contributed by atoms with Crippen LogP contribution >= 0.6 is 11.8 Å². The molecule has 1 aliphatic heterocycles. The van der Waals surface area contributed by atoms with Crippen molar-refractivity contribution in [1.29, 1.82) is 0 Å². The Morgan fingerprint density at radius 1 is 1.25 bits per heavy atom. The predicted molar refractivity (Wildman–Crippen MR) is 77.1 cm³/mol. The number of carbonyl (C=O) groups excluding carboxylic acids is 1. The first kappa shape index (κ1) is 13.2. The van der Waals surface area contributed by atoms with Crippen molar-refractivity contribution in [3.8, 4) is 5.75 Å². The number of carbonyl (C=O) groups is 1. The molecule has 0 saturated carbocycles. The van der Waals surface area contributed by atoms with E-state index in [1.165, 1.54) is 6.07 Å². The Morgan fingerprint density at radius 3 is 2.80 bits per heavy atom. The lowest BCUT2D eigenvalue weighted by molar-refractivity contribution is 0.112. The Kier molecular flexibility index (Phi) is 3.74. The van der Waals surface area contributed by atoms with E-state index in [0.29, 0.717) is 5.56 Å². The highest BCUT2D eigenvalue weighted by Crippen LogP contribution is 2.32. The van der Waals surface area contributed by atoms with E-state index >= 15 is 0 Å². The van der Waals surface area contributed by atoms with Crippen molar-refractivity contribution in [3.63, 3.8) is 0 Å². The van der Waals surface area contributed by atoms with Gasteiger partial charge >= 0.3 is 0 Å². The molecule has 0 spiro atoms. The van der Waals surface area contributed by atoms with Crippen molar-refractivity contribution >= 4 is 18.0 Å². The fraction of sp³-hybridized carbons (Fsp3) is 0.188. The van der Waals surface area contributed by atoms with Gasteiger partial charge in [0.25, 0.3) is 0 Å². The highest BCUT2D eigenvalue weighted by Gasteiger charge is 2.23. The van der Waals surface area contributed by atoms with Crippen LogP contribution in [0.4, 0.5) is 4.39 Å². The number of aldehydes is 1. The molecule has 20 heavy (non-hydrogen) atoms. The van der Waals surface area contributed by atoms with Crippen LogP contribution in [0, 0.1) is 5.82 Å². The molecule has 102 valence electrons. The average molecular weight is 288 g/mol. The van der Waals surface area contributed by atoms with Crippen LogP contribution < -0.4 is 4.74 Å². The monoisotopic (exact) mass is 288 g/mol. The fourth-order valence-electron chi connectivity index (χ4n) is 2.21. The van der Waals surface area contributed by atoms with Gasteiger partial charge in [0.2, 0.25) is 0 Å². The van der Waals surface area contributed by atoms with Crippen LogP contribution in [0.25, 0.3) is 0 Å². The normalized spacial score (nSPS) is 16.6. The summed E-state index contributed by atoms with van der Waals surface area (Å²) in [7, 11) is 0. The topological polar surface area (TPSA) is 26.3 Å². The second-order valence-corrected chi connectivity index (χ2v) is 5.79. The summed E-state index contributed by atoms with van der Waals surface area (Å²) >= 11 is 1.68. The number of hydrogen-bond acceptors (Lipinski definition) is 3. The standard InChI is InChI=1S/C16H13FO2S/c17-13-3-6-16-12(7-13)8-14(19-16)10-20-15-4-1-11(9-18)2-5-15/h1-7,9,14H,8,10H2. The number of ether oxygens (including phenoxy) is 1. The predicted octanol–water partition coefficient (Wildman–Crippen LogP) is 3.73. The number of rotatable bonds is 4. The van der Waals surface area contributed by atoms with Crippen LogP contribution in [-0.2, 0) is 6.42 Å². The van der Waals surface area contributed by atoms with Crippen molar-refractivity contribution in [3.05, 3.63) is 59.4 Å². The minimum absolute atomic E-state index is 0.0718. The maximum absolute atomic E-state index is 13.1. The molecule has 4 heteroatoms. The first-order valence-electron chi connectivity index (χ1n) is 6.38. The molecule has 0 saturated heterocycles. The third-order valence-corrected chi connectivity index (χ3v) is 4.36. The molecule has 2 aromatic rings. The van der Waals surface area contributed by atoms with Crippen molar-refractivity contribution < 1.29 is 13.9 Å². The molecule has 1 heterocycles. The SMILES string of the molecule is O=Cc1ccc(SCC2Cc3cc(F)ccc3O2)cc1. The zero-order valence-corrected chi connectivity index (χ0v) is 11.5. The molecule has 1 aliphatic rings. The van der Waals surface area contributed by atoms with Crippen LogP contribution in [0.5, 0.6) is 5.75 Å². The van der Waals surface area contributed by atoms with Crippen molar-refractivity contribution in [2.45, 2.75) is 17.4 Å². The van der Waals surface area contributed by atoms with E-state index in [4.69, 9.17) is 4.74 Å². The van der Waals surface area contributed by atoms with E-state index in [9.17, 15) is 9.18 Å². The fourth-order valence-corrected chi connectivity index (χ4v) is 3.11. The molecule has 0 radical (unpaired) electrons. The molecule has 0 fully saturated rings. The third kappa shape index (κ3) is 2.85. The average Bonchev–Trinajstić information content (AvgIpc) is 2.87. The first-order valence-corrected chi connectivity index (χ1v) is 7.36. The van der Waals surface area contributed by atoms with Crippen LogP contribution in [0.2, 0.25) is 0 Å². The largest absolute Gasteiger partial charge is 0.489 e. The van der Waals surface area contributed by atoms with E-state index in [1.54, 1.807) is 36.0 Å². The number of fused-ring (bicyclic) bond motifs is 1. The zero-order valence-electron chi connectivity index (χ0n) is 10.7. The van der Waals surface area contributed by atoms with Crippen LogP contribution in [0.15, 0.2) is 47.4 Å². The summed E-state index contributed by atoms with van der Waals surface area (Å²) in [5.74, 6) is 1.37. The highest BCUT2D eigenvalue weighted by atomic mass is 32.2. The molecule has 1 atom stereocenters. The Bertz CT molecular complexity index is 625. The molecule has 0 aromatic heterocycles. The van der Waals surface area contributed by atoms with Crippen LogP contribution in [-0.4, -0.2) is 18.1 Å². The lowest BCUT2D eigenvalue weighted by Gasteiger charge is -2.10. The van der Waals surface area contributed by atoms with Crippen molar-refractivity contribution in [2.75, 3.05) is 5.75 Å². The Morgan fingerprint density at radius 2 is 2.05 bits per heavy atom. The van der Waals surface area contributed by atoms with E-state index in [-0.39, 0.29) is 11.9 Å². The smallest absolute Gasteiger partial charge is 0.150 e. The van der Waals surface area contributed by atoms with Gasteiger partial charge in [-0.1, -0.05) is 12.1 Å². The van der Waals surface area contributed by atoms with Gasteiger partial charge in [-0.15, -0.1) is 11.8 Å². The Hall–Kier alpha value is -1.81. The van der Waals surface area contributed by atoms with E-state index in [1.807, 2.05) is 12.1 Å². The Labute approximate surface area is 121 Å². The molecule has 2 nitrogen and oxygen atoms in total. The highest BCUT2D eigenvalue weighted by molar-refractivity contribution is 7.99. The molecule has 0 bridgehead atoms. The molecular weight excluding hydrogens is 275 g/mol. The van der Waals surface area contributed by atoms with Crippen molar-refractivity contribution in [2.24, 2.45) is 0 Å². The molecule has 1 unspecified atom stereocenters. The van der Waals surface area contributed by atoms with Crippen LogP contribution in [0.3, 0.4) is 0 Å². The summed E-state index contributed by atoms with van der Waals surface area (Å²) < 4.78 is 18.9. The maximum atomic E-state index is 13.1. The number of thioether (sulfide) groups is 1. The van der Waals surface area contributed by atoms with Gasteiger partial charge in [-0.25, -0.2) is 4.39 Å². The summed E-state index contributed by atoms with van der Waals surface area (Å²) in [4.78, 5) is 11.7. The quantitative estimate of drug-likeness (QED) is 0.633. The molecule has 2 aromatic carbocycles. The number of benzene rings is 2. The second-order valence-electron chi connectivity index (χ2n) is 4.69. The lowest BCUT2D eigenvalue weighted by atomic mass is 10.1. The molecular formula is C16H13FO2S. The summed E-state index contributed by atoms with van der Waals surface area (Å²) in [5.41, 5.74) is 1.61. The molecule has 0 aliphatic carbocycles. The van der Waals surface area contributed by atoms with Gasteiger partial charge in [0.1, 0.15) is 24.0 Å². The van der Waals surface area contributed by atoms with Gasteiger partial charge in [-0.2, -0.15) is 0 Å². The maximum Gasteiger partial charge on any atom is 0.150 e. The minimum atomic E-state index is -0.217. The second kappa shape index (κ2) is 5.67. The molecule has 0 N–H and O–H groups in total. The van der Waals surface area contributed by atoms with E-state index < -0.39 is 0 Å². The molecule has 3 rings (SSSR count). The number of hydrogen-bond donors (Lipinski definition) is 0. The summed E-state index contributed by atoms with van der Waals surface area (Å²) in [5, 5.41) is 0. The van der Waals surface area contributed by atoms with Gasteiger partial charge in [-0.3, -0.25) is 4.79 Å². The van der Waals surface area contributed by atoms with Gasteiger partial charge in [0, 0.05) is 28.2 Å². The Balaban J connectivity index is 1.59. The van der Waals surface area contributed by atoms with Gasteiger partial charge in [0.05, 0.1) is 0 Å². The van der Waals surface area contributed by atoms with E-state index in [0.717, 1.165) is 34.7 Å². The van der Waals surface area contributed by atoms with E-state index in [2.05, 4.69) is 0 Å². The number of halogens is 1. The minimum Gasteiger partial charge on any atom is -0.489 e. The summed E-state index contributed by atoms with van der Waals surface area (Å²) in [6.07, 6.45) is 1.65. The van der Waals surface area contributed by atoms with Crippen LogP contribution in [0.1, 0.15) is 15.9 Å².